The van der Waals surface area contributed by atoms with Crippen LogP contribution in [0.15, 0.2) is 36.4 Å². The molecule has 0 saturated carbocycles. The maximum Gasteiger partial charge on any atom is 0.410 e. The van der Waals surface area contributed by atoms with Crippen molar-refractivity contribution in [3.05, 3.63) is 41.4 Å². The highest BCUT2D eigenvalue weighted by Gasteiger charge is 2.30. The Morgan fingerprint density at radius 3 is 2.68 bits per heavy atom. The SMILES string of the molecule is COc1cc2c(Cl)c3ccccc3nc2cc1OCC1CCN(C(=O)OC(C)(C)C)C1. The molecule has 1 saturated heterocycles. The number of hydrogen-bond acceptors (Lipinski definition) is 5. The quantitative estimate of drug-likeness (QED) is 0.486. The van der Waals surface area contributed by atoms with Crippen LogP contribution >= 0.6 is 11.6 Å². The Hall–Kier alpha value is -2.73. The molecular formula is C24H27ClN2O4. The van der Waals surface area contributed by atoms with Crippen LogP contribution in [0.5, 0.6) is 11.5 Å². The molecule has 7 heteroatoms. The summed E-state index contributed by atoms with van der Waals surface area (Å²) in [4.78, 5) is 18.8. The van der Waals surface area contributed by atoms with Gasteiger partial charge in [-0.2, -0.15) is 0 Å². The van der Waals surface area contributed by atoms with Gasteiger partial charge >= 0.3 is 6.09 Å². The fraction of sp³-hybridized carbons (Fsp3) is 0.417. The van der Waals surface area contributed by atoms with Crippen LogP contribution < -0.4 is 9.47 Å². The molecule has 2 heterocycles. The number of amides is 1. The van der Waals surface area contributed by atoms with Gasteiger partial charge in [0.2, 0.25) is 0 Å². The van der Waals surface area contributed by atoms with E-state index in [1.165, 1.54) is 0 Å². The normalized spacial score (nSPS) is 16.7. The first kappa shape index (κ1) is 21.5. The van der Waals surface area contributed by atoms with Crippen molar-refractivity contribution in [2.45, 2.75) is 32.8 Å². The first-order valence-corrected chi connectivity index (χ1v) is 10.8. The van der Waals surface area contributed by atoms with E-state index in [4.69, 9.17) is 30.8 Å². The van der Waals surface area contributed by atoms with E-state index in [2.05, 4.69) is 0 Å². The average Bonchev–Trinajstić information content (AvgIpc) is 3.20. The molecule has 164 valence electrons. The zero-order valence-corrected chi connectivity index (χ0v) is 19.0. The molecule has 1 atom stereocenters. The molecule has 2 aromatic carbocycles. The van der Waals surface area contributed by atoms with Gasteiger partial charge < -0.3 is 19.1 Å². The highest BCUT2D eigenvalue weighted by atomic mass is 35.5. The first-order chi connectivity index (χ1) is 14.7. The largest absolute Gasteiger partial charge is 0.493 e. The van der Waals surface area contributed by atoms with Gasteiger partial charge in [0.05, 0.1) is 29.8 Å². The monoisotopic (exact) mass is 442 g/mol. The summed E-state index contributed by atoms with van der Waals surface area (Å²) in [5, 5.41) is 2.37. The van der Waals surface area contributed by atoms with Gasteiger partial charge in [0.15, 0.2) is 11.5 Å². The van der Waals surface area contributed by atoms with Crippen molar-refractivity contribution >= 4 is 39.5 Å². The summed E-state index contributed by atoms with van der Waals surface area (Å²) < 4.78 is 17.1. The topological polar surface area (TPSA) is 60.9 Å². The lowest BCUT2D eigenvalue weighted by molar-refractivity contribution is 0.0284. The molecule has 1 unspecified atom stereocenters. The van der Waals surface area contributed by atoms with Crippen molar-refractivity contribution in [3.63, 3.8) is 0 Å². The minimum atomic E-state index is -0.497. The number of para-hydroxylation sites is 1. The summed E-state index contributed by atoms with van der Waals surface area (Å²) in [6, 6.07) is 11.5. The molecule has 0 bridgehead atoms. The summed E-state index contributed by atoms with van der Waals surface area (Å²) >= 11 is 6.64. The molecule has 1 fully saturated rings. The maximum absolute atomic E-state index is 12.3. The number of nitrogens with zero attached hydrogens (tertiary/aromatic N) is 2. The fourth-order valence-electron chi connectivity index (χ4n) is 3.79. The summed E-state index contributed by atoms with van der Waals surface area (Å²) in [6.07, 6.45) is 0.591. The number of halogens is 1. The third kappa shape index (κ3) is 4.64. The Morgan fingerprint density at radius 2 is 1.94 bits per heavy atom. The van der Waals surface area contributed by atoms with Crippen LogP contribution in [0.4, 0.5) is 4.79 Å². The number of aromatic nitrogens is 1. The number of methoxy groups -OCH3 is 1. The minimum Gasteiger partial charge on any atom is -0.493 e. The predicted molar refractivity (Wildman–Crippen MR) is 122 cm³/mol. The van der Waals surface area contributed by atoms with E-state index in [-0.39, 0.29) is 12.0 Å². The van der Waals surface area contributed by atoms with E-state index in [0.29, 0.717) is 36.2 Å². The fourth-order valence-corrected chi connectivity index (χ4v) is 4.10. The van der Waals surface area contributed by atoms with Gasteiger partial charge in [-0.3, -0.25) is 0 Å². The lowest BCUT2D eigenvalue weighted by Crippen LogP contribution is -2.35. The zero-order chi connectivity index (χ0) is 22.2. The molecule has 3 aromatic rings. The number of carbonyl (C=O) groups excluding carboxylic acids is 1. The molecule has 31 heavy (non-hydrogen) atoms. The van der Waals surface area contributed by atoms with Crippen LogP contribution in [-0.2, 0) is 4.74 Å². The number of fused-ring (bicyclic) bond motifs is 2. The van der Waals surface area contributed by atoms with Crippen molar-refractivity contribution in [1.82, 2.24) is 9.88 Å². The number of pyridine rings is 1. The van der Waals surface area contributed by atoms with E-state index < -0.39 is 5.60 Å². The average molecular weight is 443 g/mol. The smallest absolute Gasteiger partial charge is 0.410 e. The maximum atomic E-state index is 12.3. The molecule has 1 aliphatic heterocycles. The van der Waals surface area contributed by atoms with Gasteiger partial charge in [-0.25, -0.2) is 9.78 Å². The summed E-state index contributed by atoms with van der Waals surface area (Å²) in [5.41, 5.74) is 1.09. The van der Waals surface area contributed by atoms with Crippen LogP contribution in [0.1, 0.15) is 27.2 Å². The van der Waals surface area contributed by atoms with Crippen molar-refractivity contribution < 1.29 is 19.0 Å². The van der Waals surface area contributed by atoms with Gasteiger partial charge in [-0.1, -0.05) is 29.8 Å². The number of carbonyl (C=O) groups is 1. The molecule has 0 aliphatic carbocycles. The van der Waals surface area contributed by atoms with Crippen LogP contribution in [0.2, 0.25) is 5.02 Å². The Kier molecular flexibility index (Phi) is 5.84. The van der Waals surface area contributed by atoms with Gasteiger partial charge in [-0.05, 0) is 39.3 Å². The Morgan fingerprint density at radius 1 is 1.16 bits per heavy atom. The molecule has 1 amide bonds. The molecule has 0 spiro atoms. The van der Waals surface area contributed by atoms with E-state index >= 15 is 0 Å². The predicted octanol–water partition coefficient (Wildman–Crippen LogP) is 5.69. The summed E-state index contributed by atoms with van der Waals surface area (Å²) in [5.74, 6) is 1.44. The highest BCUT2D eigenvalue weighted by Crippen LogP contribution is 2.38. The van der Waals surface area contributed by atoms with Crippen LogP contribution in [-0.4, -0.2) is 48.4 Å². The molecule has 0 N–H and O–H groups in total. The second-order valence-electron chi connectivity index (χ2n) is 8.86. The van der Waals surface area contributed by atoms with E-state index in [0.717, 1.165) is 28.2 Å². The minimum absolute atomic E-state index is 0.223. The zero-order valence-electron chi connectivity index (χ0n) is 18.3. The Bertz CT molecular complexity index is 1130. The van der Waals surface area contributed by atoms with Crippen molar-refractivity contribution in [2.24, 2.45) is 5.92 Å². The van der Waals surface area contributed by atoms with Crippen LogP contribution in [0, 0.1) is 5.92 Å². The van der Waals surface area contributed by atoms with Crippen LogP contribution in [0.25, 0.3) is 21.8 Å². The van der Waals surface area contributed by atoms with Gasteiger partial charge in [0, 0.05) is 35.8 Å². The third-order valence-electron chi connectivity index (χ3n) is 5.31. The van der Waals surface area contributed by atoms with Crippen molar-refractivity contribution in [2.75, 3.05) is 26.8 Å². The number of benzene rings is 2. The van der Waals surface area contributed by atoms with E-state index in [9.17, 15) is 4.79 Å². The number of rotatable bonds is 4. The first-order valence-electron chi connectivity index (χ1n) is 10.4. The van der Waals surface area contributed by atoms with Gasteiger partial charge in [0.25, 0.3) is 0 Å². The van der Waals surface area contributed by atoms with Gasteiger partial charge in [-0.15, -0.1) is 0 Å². The number of likely N-dealkylation sites (tertiary alicyclic amines) is 1. The van der Waals surface area contributed by atoms with Crippen molar-refractivity contribution in [3.8, 4) is 11.5 Å². The van der Waals surface area contributed by atoms with Crippen LogP contribution in [0.3, 0.4) is 0 Å². The third-order valence-corrected chi connectivity index (χ3v) is 5.72. The Balaban J connectivity index is 1.51. The molecule has 0 radical (unpaired) electrons. The molecule has 6 nitrogen and oxygen atoms in total. The lowest BCUT2D eigenvalue weighted by atomic mass is 10.1. The molecular weight excluding hydrogens is 416 g/mol. The second-order valence-corrected chi connectivity index (χ2v) is 9.23. The highest BCUT2D eigenvalue weighted by molar-refractivity contribution is 6.40. The lowest BCUT2D eigenvalue weighted by Gasteiger charge is -2.24. The summed E-state index contributed by atoms with van der Waals surface area (Å²) in [6.45, 7) is 7.37. The molecule has 4 rings (SSSR count). The summed E-state index contributed by atoms with van der Waals surface area (Å²) in [7, 11) is 1.61. The number of hydrogen-bond donors (Lipinski definition) is 0. The molecule has 1 aromatic heterocycles. The van der Waals surface area contributed by atoms with E-state index in [1.54, 1.807) is 12.0 Å². The standard InChI is InChI=1S/C24H27ClN2O4/c1-24(2,3)31-23(28)27-10-9-15(13-27)14-30-21-12-19-17(11-20(21)29-4)22(25)16-7-5-6-8-18(16)26-19/h5-8,11-12,15H,9-10,13-14H2,1-4H3. The Labute approximate surface area is 187 Å². The van der Waals surface area contributed by atoms with Gasteiger partial charge in [0.1, 0.15) is 5.60 Å². The number of ether oxygens (including phenoxy) is 3. The van der Waals surface area contributed by atoms with Crippen molar-refractivity contribution in [1.29, 1.82) is 0 Å². The second kappa shape index (κ2) is 8.42. The van der Waals surface area contributed by atoms with E-state index in [1.807, 2.05) is 57.2 Å². The molecule has 1 aliphatic rings.